The lowest BCUT2D eigenvalue weighted by Crippen LogP contribution is -2.35. The molecule has 29 heavy (non-hydrogen) atoms. The zero-order chi connectivity index (χ0) is 20.5. The Balaban J connectivity index is 1.38. The number of carbonyl (C=O) groups excluding carboxylic acids is 3. The average Bonchev–Trinajstić information content (AvgIpc) is 3.26. The van der Waals surface area contributed by atoms with Gasteiger partial charge in [-0.3, -0.25) is 19.3 Å². The van der Waals surface area contributed by atoms with Gasteiger partial charge in [-0.25, -0.2) is 8.78 Å². The molecule has 3 aromatic rings. The highest BCUT2D eigenvalue weighted by atomic mass is 19.1. The number of fused-ring (bicyclic) bond motifs is 1. The molecule has 4 rings (SSSR count). The smallest absolute Gasteiger partial charge is 0.326 e. The first kappa shape index (κ1) is 18.5. The van der Waals surface area contributed by atoms with E-state index in [0.717, 1.165) is 11.0 Å². The Morgan fingerprint density at radius 3 is 2.34 bits per heavy atom. The second-order valence-corrected chi connectivity index (χ2v) is 6.21. The van der Waals surface area contributed by atoms with Crippen LogP contribution in [0.4, 0.5) is 8.78 Å². The Labute approximate surface area is 162 Å². The van der Waals surface area contributed by atoms with Gasteiger partial charge in [0.1, 0.15) is 30.5 Å². The average molecular weight is 398 g/mol. The van der Waals surface area contributed by atoms with E-state index in [1.54, 1.807) is 12.1 Å². The number of rotatable bonds is 5. The second kappa shape index (κ2) is 7.27. The molecule has 1 aromatic heterocycles. The summed E-state index contributed by atoms with van der Waals surface area (Å²) in [6.07, 6.45) is 0. The molecule has 2 heterocycles. The topological polar surface area (TPSA) is 89.7 Å². The summed E-state index contributed by atoms with van der Waals surface area (Å²) in [5.74, 6) is -3.48. The number of hydrogen-bond acceptors (Lipinski definition) is 6. The van der Waals surface area contributed by atoms with Crippen molar-refractivity contribution >= 4 is 17.8 Å². The fourth-order valence-electron chi connectivity index (χ4n) is 2.91. The molecule has 2 aromatic carbocycles. The molecule has 0 N–H and O–H groups in total. The van der Waals surface area contributed by atoms with Crippen LogP contribution in [-0.2, 0) is 16.1 Å². The summed E-state index contributed by atoms with van der Waals surface area (Å²) >= 11 is 0. The fraction of sp³-hybridized carbons (Fsp3) is 0.100. The molecule has 0 bridgehead atoms. The number of benzene rings is 2. The van der Waals surface area contributed by atoms with E-state index in [0.29, 0.717) is 6.07 Å². The predicted octanol–water partition coefficient (Wildman–Crippen LogP) is 2.96. The van der Waals surface area contributed by atoms with Crippen molar-refractivity contribution in [2.75, 3.05) is 6.54 Å². The number of nitrogens with zero attached hydrogens (tertiary/aromatic N) is 2. The zero-order valence-electron chi connectivity index (χ0n) is 14.7. The van der Waals surface area contributed by atoms with E-state index in [9.17, 15) is 23.2 Å². The first-order chi connectivity index (χ1) is 13.9. The molecule has 146 valence electrons. The van der Waals surface area contributed by atoms with E-state index < -0.39 is 36.0 Å². The van der Waals surface area contributed by atoms with Crippen LogP contribution in [0.1, 0.15) is 26.4 Å². The van der Waals surface area contributed by atoms with Crippen LogP contribution in [-0.4, -0.2) is 34.4 Å². The molecule has 0 aliphatic carbocycles. The molecular formula is C20H12F2N2O5. The summed E-state index contributed by atoms with van der Waals surface area (Å²) in [5.41, 5.74) is 0.641. The number of aromatic nitrogens is 1. The van der Waals surface area contributed by atoms with E-state index in [2.05, 4.69) is 5.16 Å². The largest absolute Gasteiger partial charge is 0.458 e. The van der Waals surface area contributed by atoms with Crippen LogP contribution in [0, 0.1) is 11.6 Å². The molecule has 0 saturated carbocycles. The molecule has 2 amide bonds. The SMILES string of the molecule is O=C(CN1C(=O)c2ccccc2C1=O)OCc1cc(-c2ccc(F)cc2F)on1. The van der Waals surface area contributed by atoms with Crippen molar-refractivity contribution in [3.05, 3.63) is 77.0 Å². The van der Waals surface area contributed by atoms with Gasteiger partial charge in [0.15, 0.2) is 5.76 Å². The van der Waals surface area contributed by atoms with Gasteiger partial charge in [-0.05, 0) is 24.3 Å². The number of esters is 1. The lowest BCUT2D eigenvalue weighted by molar-refractivity contribution is -0.145. The van der Waals surface area contributed by atoms with Crippen LogP contribution in [0.3, 0.4) is 0 Å². The summed E-state index contributed by atoms with van der Waals surface area (Å²) in [4.78, 5) is 37.3. The standard InChI is InChI=1S/C20H12F2N2O5/c21-11-5-6-15(16(22)7-11)17-8-12(23-29-17)10-28-18(25)9-24-19(26)13-3-1-2-4-14(13)20(24)27/h1-8H,9-10H2. The van der Waals surface area contributed by atoms with Crippen molar-refractivity contribution in [1.82, 2.24) is 10.1 Å². The van der Waals surface area contributed by atoms with Crippen LogP contribution in [0.5, 0.6) is 0 Å². The number of imide groups is 1. The molecular weight excluding hydrogens is 386 g/mol. The number of amides is 2. The third kappa shape index (κ3) is 3.49. The maximum atomic E-state index is 13.8. The molecule has 0 atom stereocenters. The Hall–Kier alpha value is -3.88. The van der Waals surface area contributed by atoms with Crippen molar-refractivity contribution in [2.45, 2.75) is 6.61 Å². The van der Waals surface area contributed by atoms with E-state index in [1.807, 2.05) is 0 Å². The summed E-state index contributed by atoms with van der Waals surface area (Å²) in [6, 6.07) is 10.6. The van der Waals surface area contributed by atoms with Crippen LogP contribution in [0.25, 0.3) is 11.3 Å². The molecule has 1 aliphatic rings. The first-order valence-electron chi connectivity index (χ1n) is 8.46. The van der Waals surface area contributed by atoms with Gasteiger partial charge >= 0.3 is 5.97 Å². The molecule has 9 heteroatoms. The van der Waals surface area contributed by atoms with Crippen LogP contribution >= 0.6 is 0 Å². The third-order valence-corrected chi connectivity index (χ3v) is 4.30. The minimum atomic E-state index is -0.824. The number of carbonyl (C=O) groups is 3. The normalized spacial score (nSPS) is 13.0. The monoisotopic (exact) mass is 398 g/mol. The second-order valence-electron chi connectivity index (χ2n) is 6.21. The van der Waals surface area contributed by atoms with Gasteiger partial charge in [-0.15, -0.1) is 0 Å². The summed E-state index contributed by atoms with van der Waals surface area (Å²) in [6.45, 7) is -0.863. The Bertz CT molecular complexity index is 1110. The molecule has 7 nitrogen and oxygen atoms in total. The fourth-order valence-corrected chi connectivity index (χ4v) is 2.91. The van der Waals surface area contributed by atoms with Gasteiger partial charge in [0.2, 0.25) is 0 Å². The van der Waals surface area contributed by atoms with Crippen molar-refractivity contribution in [3.8, 4) is 11.3 Å². The highest BCUT2D eigenvalue weighted by molar-refractivity contribution is 6.22. The van der Waals surface area contributed by atoms with Crippen molar-refractivity contribution in [2.24, 2.45) is 0 Å². The van der Waals surface area contributed by atoms with Gasteiger partial charge in [-0.1, -0.05) is 17.3 Å². The number of ether oxygens (including phenoxy) is 1. The van der Waals surface area contributed by atoms with Crippen molar-refractivity contribution in [1.29, 1.82) is 0 Å². The summed E-state index contributed by atoms with van der Waals surface area (Å²) in [7, 11) is 0. The Morgan fingerprint density at radius 1 is 1.00 bits per heavy atom. The van der Waals surface area contributed by atoms with Crippen LogP contribution in [0.2, 0.25) is 0 Å². The van der Waals surface area contributed by atoms with Gasteiger partial charge in [-0.2, -0.15) is 0 Å². The maximum Gasteiger partial charge on any atom is 0.326 e. The minimum absolute atomic E-state index is 0.00232. The van der Waals surface area contributed by atoms with E-state index in [4.69, 9.17) is 9.26 Å². The minimum Gasteiger partial charge on any atom is -0.458 e. The number of halogens is 2. The van der Waals surface area contributed by atoms with Crippen LogP contribution in [0.15, 0.2) is 53.1 Å². The highest BCUT2D eigenvalue weighted by Gasteiger charge is 2.36. The van der Waals surface area contributed by atoms with E-state index in [1.165, 1.54) is 24.3 Å². The quantitative estimate of drug-likeness (QED) is 0.485. The van der Waals surface area contributed by atoms with Gasteiger partial charge in [0, 0.05) is 12.1 Å². The maximum absolute atomic E-state index is 13.8. The summed E-state index contributed by atoms with van der Waals surface area (Å²) in [5, 5.41) is 3.66. The van der Waals surface area contributed by atoms with Crippen LogP contribution < -0.4 is 0 Å². The van der Waals surface area contributed by atoms with Gasteiger partial charge in [0.05, 0.1) is 16.7 Å². The zero-order valence-corrected chi connectivity index (χ0v) is 14.7. The van der Waals surface area contributed by atoms with Crippen molar-refractivity contribution in [3.63, 3.8) is 0 Å². The van der Waals surface area contributed by atoms with Crippen molar-refractivity contribution < 1.29 is 32.4 Å². The summed E-state index contributed by atoms with van der Waals surface area (Å²) < 4.78 is 36.8. The Morgan fingerprint density at radius 2 is 1.69 bits per heavy atom. The predicted molar refractivity (Wildman–Crippen MR) is 93.5 cm³/mol. The molecule has 0 radical (unpaired) electrons. The third-order valence-electron chi connectivity index (χ3n) is 4.30. The molecule has 0 saturated heterocycles. The molecule has 0 fully saturated rings. The lowest BCUT2D eigenvalue weighted by atomic mass is 10.1. The molecule has 1 aliphatic heterocycles. The molecule has 0 unspecified atom stereocenters. The highest BCUT2D eigenvalue weighted by Crippen LogP contribution is 2.25. The van der Waals surface area contributed by atoms with Gasteiger partial charge < -0.3 is 9.26 Å². The Kier molecular flexibility index (Phi) is 4.63. The lowest BCUT2D eigenvalue weighted by Gasteiger charge is -2.12. The van der Waals surface area contributed by atoms with E-state index >= 15 is 0 Å². The first-order valence-corrected chi connectivity index (χ1v) is 8.46. The molecule has 0 spiro atoms. The van der Waals surface area contributed by atoms with E-state index in [-0.39, 0.29) is 34.8 Å². The number of hydrogen-bond donors (Lipinski definition) is 0. The van der Waals surface area contributed by atoms with Gasteiger partial charge in [0.25, 0.3) is 11.8 Å².